The first-order valence-corrected chi connectivity index (χ1v) is 6.03. The average Bonchev–Trinajstić information content (AvgIpc) is 2.29. The van der Waals surface area contributed by atoms with E-state index in [1.165, 1.54) is 0 Å². The van der Waals surface area contributed by atoms with E-state index in [1.54, 1.807) is 12.3 Å². The van der Waals surface area contributed by atoms with Crippen molar-refractivity contribution in [1.82, 2.24) is 4.98 Å². The summed E-state index contributed by atoms with van der Waals surface area (Å²) in [6.45, 7) is 3.44. The van der Waals surface area contributed by atoms with Gasteiger partial charge in [-0.3, -0.25) is 4.79 Å². The van der Waals surface area contributed by atoms with Crippen LogP contribution in [0, 0.1) is 11.8 Å². The molecule has 0 aliphatic carbocycles. The van der Waals surface area contributed by atoms with Crippen LogP contribution < -0.4 is 4.90 Å². The third-order valence-corrected chi connectivity index (χ3v) is 3.27. The van der Waals surface area contributed by atoms with Crippen molar-refractivity contribution in [3.8, 4) is 0 Å². The Kier molecular flexibility index (Phi) is 3.52. The molecule has 0 spiro atoms. The van der Waals surface area contributed by atoms with Crippen LogP contribution in [0.1, 0.15) is 13.3 Å². The van der Waals surface area contributed by atoms with Crippen LogP contribution in [0.2, 0.25) is 5.02 Å². The Bertz CT molecular complexity index is 407. The molecule has 0 aromatic carbocycles. The first-order chi connectivity index (χ1) is 8.06. The van der Waals surface area contributed by atoms with Crippen LogP contribution in [0.15, 0.2) is 18.3 Å². The second-order valence-electron chi connectivity index (χ2n) is 4.62. The zero-order valence-electron chi connectivity index (χ0n) is 9.64. The number of anilines is 1. The second-order valence-corrected chi connectivity index (χ2v) is 5.05. The Hall–Kier alpha value is -1.29. The number of aromatic nitrogens is 1. The summed E-state index contributed by atoms with van der Waals surface area (Å²) in [5.41, 5.74) is 0. The molecule has 0 amide bonds. The summed E-state index contributed by atoms with van der Waals surface area (Å²) in [6.07, 6.45) is 2.32. The van der Waals surface area contributed by atoms with Crippen molar-refractivity contribution in [1.29, 1.82) is 0 Å². The third kappa shape index (κ3) is 2.88. The van der Waals surface area contributed by atoms with Crippen LogP contribution in [0.5, 0.6) is 0 Å². The molecule has 2 atom stereocenters. The van der Waals surface area contributed by atoms with Crippen LogP contribution >= 0.6 is 11.6 Å². The van der Waals surface area contributed by atoms with Crippen molar-refractivity contribution in [2.24, 2.45) is 11.8 Å². The van der Waals surface area contributed by atoms with Crippen LogP contribution in [0.4, 0.5) is 5.82 Å². The van der Waals surface area contributed by atoms with Crippen LogP contribution in [-0.4, -0.2) is 29.1 Å². The van der Waals surface area contributed by atoms with Crippen molar-refractivity contribution in [3.63, 3.8) is 0 Å². The van der Waals surface area contributed by atoms with Gasteiger partial charge in [-0.05, 0) is 24.5 Å². The zero-order chi connectivity index (χ0) is 12.4. The normalized spacial score (nSPS) is 24.7. The fourth-order valence-corrected chi connectivity index (χ4v) is 2.38. The van der Waals surface area contributed by atoms with Crippen LogP contribution in [0.25, 0.3) is 0 Å². The highest BCUT2D eigenvalue weighted by atomic mass is 35.5. The van der Waals surface area contributed by atoms with Crippen molar-refractivity contribution in [2.75, 3.05) is 18.0 Å². The molecule has 1 aromatic rings. The van der Waals surface area contributed by atoms with Gasteiger partial charge in [0.2, 0.25) is 0 Å². The van der Waals surface area contributed by atoms with Gasteiger partial charge in [-0.1, -0.05) is 18.5 Å². The number of carbonyl (C=O) groups is 1. The van der Waals surface area contributed by atoms with Gasteiger partial charge in [0.05, 0.1) is 10.9 Å². The van der Waals surface area contributed by atoms with Crippen molar-refractivity contribution < 1.29 is 9.90 Å². The zero-order valence-corrected chi connectivity index (χ0v) is 10.4. The van der Waals surface area contributed by atoms with Gasteiger partial charge in [-0.15, -0.1) is 0 Å². The number of hydrogen-bond donors (Lipinski definition) is 1. The number of carboxylic acids is 1. The molecular formula is C12H15ClN2O2. The predicted molar refractivity (Wildman–Crippen MR) is 66.4 cm³/mol. The number of carboxylic acid groups (broad SMARTS) is 1. The maximum Gasteiger partial charge on any atom is 0.308 e. The van der Waals surface area contributed by atoms with E-state index in [0.717, 1.165) is 18.8 Å². The van der Waals surface area contributed by atoms with Crippen molar-refractivity contribution >= 4 is 23.4 Å². The number of pyridine rings is 1. The van der Waals surface area contributed by atoms with E-state index in [1.807, 2.05) is 11.0 Å². The molecule has 1 fully saturated rings. The summed E-state index contributed by atoms with van der Waals surface area (Å²) in [4.78, 5) is 17.3. The van der Waals surface area contributed by atoms with Gasteiger partial charge >= 0.3 is 5.97 Å². The lowest BCUT2D eigenvalue weighted by Crippen LogP contribution is -2.42. The van der Waals surface area contributed by atoms with Crippen molar-refractivity contribution in [2.45, 2.75) is 13.3 Å². The fraction of sp³-hybridized carbons (Fsp3) is 0.500. The topological polar surface area (TPSA) is 53.4 Å². The molecule has 1 N–H and O–H groups in total. The molecule has 92 valence electrons. The summed E-state index contributed by atoms with van der Waals surface area (Å²) in [5.74, 6) is 0.126. The van der Waals surface area contributed by atoms with Gasteiger partial charge < -0.3 is 10.0 Å². The summed E-state index contributed by atoms with van der Waals surface area (Å²) in [5, 5.41) is 9.69. The lowest BCUT2D eigenvalue weighted by Gasteiger charge is -2.35. The number of aliphatic carboxylic acids is 1. The minimum atomic E-state index is -0.726. The number of nitrogens with zero attached hydrogens (tertiary/aromatic N) is 2. The third-order valence-electron chi connectivity index (χ3n) is 3.04. The predicted octanol–water partition coefficient (Wildman–Crippen LogP) is 2.28. The molecule has 17 heavy (non-hydrogen) atoms. The lowest BCUT2D eigenvalue weighted by atomic mass is 9.90. The molecule has 1 aliphatic rings. The standard InChI is InChI=1S/C12H15ClN2O2/c1-8-4-9(12(16)17)7-15(6-8)11-3-2-10(13)5-14-11/h2-3,5,8-9H,4,6-7H2,1H3,(H,16,17). The molecule has 0 bridgehead atoms. The van der Waals surface area contributed by atoms with Gasteiger partial charge in [-0.25, -0.2) is 4.98 Å². The molecule has 2 unspecified atom stereocenters. The van der Waals surface area contributed by atoms with E-state index >= 15 is 0 Å². The molecule has 2 rings (SSSR count). The van der Waals surface area contributed by atoms with Gasteiger partial charge in [0.1, 0.15) is 5.82 Å². The highest BCUT2D eigenvalue weighted by molar-refractivity contribution is 6.30. The molecule has 1 saturated heterocycles. The second kappa shape index (κ2) is 4.92. The van der Waals surface area contributed by atoms with Crippen LogP contribution in [-0.2, 0) is 4.79 Å². The SMILES string of the molecule is CC1CC(C(=O)O)CN(c2ccc(Cl)cn2)C1. The molecule has 5 heteroatoms. The van der Waals surface area contributed by atoms with E-state index in [4.69, 9.17) is 16.7 Å². The van der Waals surface area contributed by atoms with E-state index < -0.39 is 5.97 Å². The van der Waals surface area contributed by atoms with Gasteiger partial charge in [0, 0.05) is 19.3 Å². The summed E-state index contributed by atoms with van der Waals surface area (Å²) in [7, 11) is 0. The van der Waals surface area contributed by atoms with Crippen molar-refractivity contribution in [3.05, 3.63) is 23.4 Å². The Morgan fingerprint density at radius 2 is 2.29 bits per heavy atom. The number of halogens is 1. The number of piperidine rings is 1. The summed E-state index contributed by atoms with van der Waals surface area (Å²) in [6, 6.07) is 3.61. The van der Waals surface area contributed by atoms with Crippen LogP contribution in [0.3, 0.4) is 0 Å². The largest absolute Gasteiger partial charge is 0.481 e. The highest BCUT2D eigenvalue weighted by Gasteiger charge is 2.29. The summed E-state index contributed by atoms with van der Waals surface area (Å²) >= 11 is 5.78. The Labute approximate surface area is 105 Å². The van der Waals surface area contributed by atoms with Gasteiger partial charge in [0.25, 0.3) is 0 Å². The van der Waals surface area contributed by atoms with E-state index in [2.05, 4.69) is 11.9 Å². The maximum absolute atomic E-state index is 11.1. The van der Waals surface area contributed by atoms with E-state index in [0.29, 0.717) is 17.5 Å². The molecule has 1 aliphatic heterocycles. The smallest absolute Gasteiger partial charge is 0.308 e. The monoisotopic (exact) mass is 254 g/mol. The molecule has 1 aromatic heterocycles. The number of rotatable bonds is 2. The molecule has 2 heterocycles. The maximum atomic E-state index is 11.1. The molecule has 0 saturated carbocycles. The molecular weight excluding hydrogens is 240 g/mol. The number of hydrogen-bond acceptors (Lipinski definition) is 3. The fourth-order valence-electron chi connectivity index (χ4n) is 2.27. The summed E-state index contributed by atoms with van der Waals surface area (Å²) < 4.78 is 0. The quantitative estimate of drug-likeness (QED) is 0.880. The Balaban J connectivity index is 2.15. The van der Waals surface area contributed by atoms with Gasteiger partial charge in [0.15, 0.2) is 0 Å². The van der Waals surface area contributed by atoms with E-state index in [9.17, 15) is 4.79 Å². The minimum absolute atomic E-state index is 0.309. The molecule has 0 radical (unpaired) electrons. The first kappa shape index (κ1) is 12.2. The van der Waals surface area contributed by atoms with Gasteiger partial charge in [-0.2, -0.15) is 0 Å². The highest BCUT2D eigenvalue weighted by Crippen LogP contribution is 2.25. The first-order valence-electron chi connectivity index (χ1n) is 5.65. The minimum Gasteiger partial charge on any atom is -0.481 e. The Morgan fingerprint density at radius 1 is 1.53 bits per heavy atom. The average molecular weight is 255 g/mol. The molecule has 4 nitrogen and oxygen atoms in total. The Morgan fingerprint density at radius 3 is 2.88 bits per heavy atom. The van der Waals surface area contributed by atoms with E-state index in [-0.39, 0.29) is 5.92 Å². The lowest BCUT2D eigenvalue weighted by molar-refractivity contribution is -0.142.